The quantitative estimate of drug-likeness (QED) is 0.660. The van der Waals surface area contributed by atoms with Gasteiger partial charge in [-0.2, -0.15) is 12.6 Å². The van der Waals surface area contributed by atoms with Gasteiger partial charge in [-0.25, -0.2) is 4.98 Å². The largest absolute Gasteiger partial charge is 0.298 e. The van der Waals surface area contributed by atoms with Gasteiger partial charge in [0.05, 0.1) is 15.6 Å². The monoisotopic (exact) mass is 366 g/mol. The first-order valence-corrected chi connectivity index (χ1v) is 7.31. The fraction of sp³-hybridized carbons (Fsp3) is 0.667. The van der Waals surface area contributed by atoms with Crippen LogP contribution in [-0.4, -0.2) is 15.3 Å². The molecule has 17 heavy (non-hydrogen) atoms. The molecule has 0 fully saturated rings. The van der Waals surface area contributed by atoms with E-state index in [0.29, 0.717) is 16.0 Å². The van der Waals surface area contributed by atoms with Gasteiger partial charge >= 0.3 is 0 Å². The zero-order chi connectivity index (χ0) is 13.2. The highest BCUT2D eigenvalue weighted by Gasteiger charge is 2.24. The van der Waals surface area contributed by atoms with Gasteiger partial charge in [0.2, 0.25) is 0 Å². The number of halogens is 1. The molecule has 3 nitrogen and oxygen atoms in total. The molecule has 0 aliphatic heterocycles. The van der Waals surface area contributed by atoms with Gasteiger partial charge in [-0.3, -0.25) is 9.36 Å². The molecule has 5 heteroatoms. The third-order valence-electron chi connectivity index (χ3n) is 3.02. The molecule has 0 amide bonds. The fourth-order valence-corrected chi connectivity index (χ4v) is 2.63. The van der Waals surface area contributed by atoms with Crippen molar-refractivity contribution in [3.8, 4) is 0 Å². The van der Waals surface area contributed by atoms with Crippen LogP contribution >= 0.6 is 35.2 Å². The van der Waals surface area contributed by atoms with E-state index in [2.05, 4.69) is 61.0 Å². The molecule has 1 unspecified atom stereocenters. The number of aromatic nitrogens is 2. The lowest BCUT2D eigenvalue weighted by atomic mass is 9.82. The van der Waals surface area contributed by atoms with Crippen molar-refractivity contribution in [1.29, 1.82) is 0 Å². The second kappa shape index (κ2) is 5.73. The summed E-state index contributed by atoms with van der Waals surface area (Å²) in [7, 11) is 0. The zero-order valence-electron chi connectivity index (χ0n) is 10.7. The molecule has 0 spiro atoms. The van der Waals surface area contributed by atoms with Crippen molar-refractivity contribution in [3.63, 3.8) is 0 Å². The molecule has 0 aliphatic carbocycles. The van der Waals surface area contributed by atoms with Crippen LogP contribution in [-0.2, 0) is 6.54 Å². The Morgan fingerprint density at radius 3 is 2.59 bits per heavy atom. The maximum atomic E-state index is 12.1. The fourth-order valence-electron chi connectivity index (χ4n) is 1.52. The summed E-state index contributed by atoms with van der Waals surface area (Å²) in [5, 5.41) is 0. The van der Waals surface area contributed by atoms with Crippen LogP contribution in [0.15, 0.2) is 11.1 Å². The van der Waals surface area contributed by atoms with Crippen molar-refractivity contribution in [2.45, 2.75) is 34.2 Å². The van der Waals surface area contributed by atoms with Gasteiger partial charge in [0.15, 0.2) is 0 Å². The van der Waals surface area contributed by atoms with Crippen molar-refractivity contribution in [3.05, 3.63) is 25.9 Å². The van der Waals surface area contributed by atoms with E-state index in [1.807, 2.05) is 6.92 Å². The molecule has 1 rings (SSSR count). The Morgan fingerprint density at radius 1 is 1.53 bits per heavy atom. The third-order valence-corrected chi connectivity index (χ3v) is 4.70. The molecule has 0 aliphatic rings. The van der Waals surface area contributed by atoms with Crippen LogP contribution in [0, 0.1) is 21.8 Å². The minimum atomic E-state index is 0.0501. The molecule has 1 atom stereocenters. The van der Waals surface area contributed by atoms with E-state index >= 15 is 0 Å². The molecule has 0 aromatic carbocycles. The van der Waals surface area contributed by atoms with E-state index in [0.717, 1.165) is 11.4 Å². The van der Waals surface area contributed by atoms with Crippen LogP contribution in [0.3, 0.4) is 0 Å². The molecular weight excluding hydrogens is 347 g/mol. The number of aryl methyl sites for hydroxylation is 1. The molecular formula is C12H19IN2OS. The zero-order valence-corrected chi connectivity index (χ0v) is 13.7. The number of thiol groups is 1. The molecule has 0 radical (unpaired) electrons. The summed E-state index contributed by atoms with van der Waals surface area (Å²) < 4.78 is 2.40. The van der Waals surface area contributed by atoms with Crippen molar-refractivity contribution in [2.75, 3.05) is 5.75 Å². The van der Waals surface area contributed by atoms with E-state index in [1.165, 1.54) is 0 Å². The summed E-state index contributed by atoms with van der Waals surface area (Å²) in [5.74, 6) is 1.12. The highest BCUT2D eigenvalue weighted by molar-refractivity contribution is 14.1. The lowest BCUT2D eigenvalue weighted by Crippen LogP contribution is -2.33. The van der Waals surface area contributed by atoms with Crippen LogP contribution < -0.4 is 5.56 Å². The molecule has 0 N–H and O–H groups in total. The van der Waals surface area contributed by atoms with Crippen LogP contribution in [0.25, 0.3) is 0 Å². The van der Waals surface area contributed by atoms with E-state index in [4.69, 9.17) is 0 Å². The summed E-state index contributed by atoms with van der Waals surface area (Å²) in [4.78, 5) is 16.3. The first-order valence-electron chi connectivity index (χ1n) is 5.59. The van der Waals surface area contributed by atoms with Crippen LogP contribution in [0.5, 0.6) is 0 Å². The molecule has 1 aromatic rings. The molecule has 0 bridgehead atoms. The second-order valence-electron chi connectivity index (χ2n) is 5.35. The van der Waals surface area contributed by atoms with Gasteiger partial charge in [-0.05, 0) is 46.6 Å². The van der Waals surface area contributed by atoms with Crippen molar-refractivity contribution in [2.24, 2.45) is 11.3 Å². The van der Waals surface area contributed by atoms with Gasteiger partial charge in [-0.15, -0.1) is 0 Å². The minimum absolute atomic E-state index is 0.0501. The number of hydrogen-bond acceptors (Lipinski definition) is 3. The third kappa shape index (κ3) is 3.71. The Morgan fingerprint density at radius 2 is 2.12 bits per heavy atom. The first kappa shape index (κ1) is 15.0. The van der Waals surface area contributed by atoms with E-state index in [1.54, 1.807) is 10.9 Å². The average molecular weight is 366 g/mol. The molecule has 1 aromatic heterocycles. The van der Waals surface area contributed by atoms with Gasteiger partial charge in [0.1, 0.15) is 0 Å². The Labute approximate surface area is 122 Å². The van der Waals surface area contributed by atoms with Crippen LogP contribution in [0.2, 0.25) is 0 Å². The van der Waals surface area contributed by atoms with Gasteiger partial charge < -0.3 is 0 Å². The second-order valence-corrected chi connectivity index (χ2v) is 6.79. The number of rotatable bonds is 3. The minimum Gasteiger partial charge on any atom is -0.298 e. The molecule has 96 valence electrons. The predicted octanol–water partition coefficient (Wildman–Crippen LogP) is 2.75. The predicted molar refractivity (Wildman–Crippen MR) is 82.7 cm³/mol. The van der Waals surface area contributed by atoms with Gasteiger partial charge in [-0.1, -0.05) is 20.8 Å². The summed E-state index contributed by atoms with van der Waals surface area (Å²) in [6.45, 7) is 9.05. The SMILES string of the molecule is Cc1ncn(CC(CS)C(C)(C)C)c(=O)c1I. The van der Waals surface area contributed by atoms with Crippen molar-refractivity contribution < 1.29 is 0 Å². The molecule has 1 heterocycles. The summed E-state index contributed by atoms with van der Waals surface area (Å²) >= 11 is 6.44. The summed E-state index contributed by atoms with van der Waals surface area (Å²) in [6.07, 6.45) is 1.64. The van der Waals surface area contributed by atoms with Crippen LogP contribution in [0.1, 0.15) is 26.5 Å². The Bertz CT molecular complexity index is 451. The smallest absolute Gasteiger partial charge is 0.267 e. The van der Waals surface area contributed by atoms with Crippen molar-refractivity contribution >= 4 is 35.2 Å². The maximum Gasteiger partial charge on any atom is 0.267 e. The van der Waals surface area contributed by atoms with E-state index in [-0.39, 0.29) is 11.0 Å². The van der Waals surface area contributed by atoms with Gasteiger partial charge in [0.25, 0.3) is 5.56 Å². The lowest BCUT2D eigenvalue weighted by molar-refractivity contribution is 0.235. The topological polar surface area (TPSA) is 34.9 Å². The lowest BCUT2D eigenvalue weighted by Gasteiger charge is -2.29. The number of nitrogens with zero attached hydrogens (tertiary/aromatic N) is 2. The van der Waals surface area contributed by atoms with E-state index < -0.39 is 0 Å². The summed E-state index contributed by atoms with van der Waals surface area (Å²) in [5.41, 5.74) is 0.983. The summed E-state index contributed by atoms with van der Waals surface area (Å²) in [6, 6.07) is 0. The van der Waals surface area contributed by atoms with Crippen LogP contribution in [0.4, 0.5) is 0 Å². The highest BCUT2D eigenvalue weighted by Crippen LogP contribution is 2.27. The average Bonchev–Trinajstić information content (AvgIpc) is 2.23. The normalized spacial score (nSPS) is 13.8. The highest BCUT2D eigenvalue weighted by atomic mass is 127. The standard InChI is InChI=1S/C12H19IN2OS/c1-8-10(13)11(16)15(7-14-8)5-9(6-17)12(2,3)4/h7,9,17H,5-6H2,1-4H3. The van der Waals surface area contributed by atoms with E-state index in [9.17, 15) is 4.79 Å². The Balaban J connectivity index is 3.04. The molecule has 0 saturated heterocycles. The Kier molecular flexibility index (Phi) is 5.07. The maximum absolute atomic E-state index is 12.1. The first-order chi connectivity index (χ1) is 7.77. The van der Waals surface area contributed by atoms with Gasteiger partial charge in [0, 0.05) is 6.54 Å². The Hall–Kier alpha value is -0.0400. The number of hydrogen-bond donors (Lipinski definition) is 1. The molecule has 0 saturated carbocycles. The van der Waals surface area contributed by atoms with Crippen molar-refractivity contribution in [1.82, 2.24) is 9.55 Å².